The third-order valence-electron chi connectivity index (χ3n) is 4.30. The average molecular weight is 349 g/mol. The highest BCUT2D eigenvalue weighted by atomic mass is 19.1. The van der Waals surface area contributed by atoms with Crippen LogP contribution in [0.3, 0.4) is 0 Å². The SMILES string of the molecule is COc1ccc(N2C(=O)c3cccnc3C2Nc2ccc(F)cc2)cc1. The molecule has 4 rings (SSSR count). The van der Waals surface area contributed by atoms with Crippen LogP contribution >= 0.6 is 0 Å². The van der Waals surface area contributed by atoms with Gasteiger partial charge >= 0.3 is 0 Å². The number of ether oxygens (including phenoxy) is 1. The van der Waals surface area contributed by atoms with Crippen molar-refractivity contribution in [3.05, 3.63) is 83.9 Å². The lowest BCUT2D eigenvalue weighted by atomic mass is 10.2. The van der Waals surface area contributed by atoms with E-state index in [2.05, 4.69) is 10.3 Å². The molecule has 1 aliphatic rings. The number of pyridine rings is 1. The highest BCUT2D eigenvalue weighted by Gasteiger charge is 2.38. The molecule has 0 radical (unpaired) electrons. The molecule has 0 spiro atoms. The Balaban J connectivity index is 1.75. The van der Waals surface area contributed by atoms with E-state index in [9.17, 15) is 9.18 Å². The Hall–Kier alpha value is -3.41. The van der Waals surface area contributed by atoms with Crippen molar-refractivity contribution >= 4 is 17.3 Å². The first-order valence-corrected chi connectivity index (χ1v) is 8.12. The third kappa shape index (κ3) is 2.75. The smallest absolute Gasteiger partial charge is 0.262 e. The van der Waals surface area contributed by atoms with Gasteiger partial charge in [-0.05, 0) is 60.7 Å². The molecule has 2 aromatic carbocycles. The molecule has 5 nitrogen and oxygen atoms in total. The summed E-state index contributed by atoms with van der Waals surface area (Å²) in [6, 6.07) is 16.7. The number of aromatic nitrogens is 1. The van der Waals surface area contributed by atoms with Crippen molar-refractivity contribution in [2.24, 2.45) is 0 Å². The Kier molecular flexibility index (Phi) is 4.01. The lowest BCUT2D eigenvalue weighted by Gasteiger charge is -2.26. The number of carbonyl (C=O) groups is 1. The number of fused-ring (bicyclic) bond motifs is 1. The highest BCUT2D eigenvalue weighted by molar-refractivity contribution is 6.11. The molecular weight excluding hydrogens is 333 g/mol. The number of halogens is 1. The van der Waals surface area contributed by atoms with E-state index in [4.69, 9.17) is 4.74 Å². The fraction of sp³-hybridized carbons (Fsp3) is 0.100. The summed E-state index contributed by atoms with van der Waals surface area (Å²) in [7, 11) is 1.59. The Labute approximate surface area is 150 Å². The van der Waals surface area contributed by atoms with E-state index in [1.807, 2.05) is 12.1 Å². The maximum atomic E-state index is 13.2. The van der Waals surface area contributed by atoms with Crippen molar-refractivity contribution in [3.8, 4) is 5.75 Å². The molecule has 3 aromatic rings. The molecule has 0 saturated heterocycles. The normalized spacial score (nSPS) is 15.7. The minimum atomic E-state index is -0.488. The number of nitrogens with one attached hydrogen (secondary N) is 1. The van der Waals surface area contributed by atoms with Gasteiger partial charge in [-0.3, -0.25) is 14.7 Å². The number of carbonyl (C=O) groups excluding carboxylic acids is 1. The molecule has 130 valence electrons. The van der Waals surface area contributed by atoms with Crippen LogP contribution in [-0.2, 0) is 0 Å². The van der Waals surface area contributed by atoms with Crippen LogP contribution in [0, 0.1) is 5.82 Å². The lowest BCUT2D eigenvalue weighted by molar-refractivity contribution is 0.0993. The summed E-state index contributed by atoms with van der Waals surface area (Å²) in [5, 5.41) is 3.28. The zero-order valence-electron chi connectivity index (χ0n) is 14.0. The van der Waals surface area contributed by atoms with Gasteiger partial charge in [-0.1, -0.05) is 0 Å². The van der Waals surface area contributed by atoms with Crippen molar-refractivity contribution in [1.82, 2.24) is 4.98 Å². The van der Waals surface area contributed by atoms with Crippen LogP contribution in [0.5, 0.6) is 5.75 Å². The topological polar surface area (TPSA) is 54.5 Å². The Morgan fingerprint density at radius 1 is 1.08 bits per heavy atom. The predicted molar refractivity (Wildman–Crippen MR) is 96.8 cm³/mol. The van der Waals surface area contributed by atoms with Crippen LogP contribution in [0.4, 0.5) is 15.8 Å². The Morgan fingerprint density at radius 2 is 1.81 bits per heavy atom. The molecule has 1 atom stereocenters. The molecule has 0 bridgehead atoms. The summed E-state index contributed by atoms with van der Waals surface area (Å²) in [6.07, 6.45) is 1.17. The second kappa shape index (κ2) is 6.48. The Morgan fingerprint density at radius 3 is 2.50 bits per heavy atom. The van der Waals surface area contributed by atoms with Gasteiger partial charge in [0.15, 0.2) is 6.17 Å². The largest absolute Gasteiger partial charge is 0.497 e. The summed E-state index contributed by atoms with van der Waals surface area (Å²) in [6.45, 7) is 0. The van der Waals surface area contributed by atoms with Gasteiger partial charge in [0.2, 0.25) is 0 Å². The Bertz CT molecular complexity index is 942. The van der Waals surface area contributed by atoms with Gasteiger partial charge in [0.25, 0.3) is 5.91 Å². The van der Waals surface area contributed by atoms with Crippen molar-refractivity contribution in [2.75, 3.05) is 17.3 Å². The molecular formula is C20H16FN3O2. The monoisotopic (exact) mass is 349 g/mol. The van der Waals surface area contributed by atoms with Crippen LogP contribution in [0.2, 0.25) is 0 Å². The van der Waals surface area contributed by atoms with E-state index >= 15 is 0 Å². The second-order valence-corrected chi connectivity index (χ2v) is 5.86. The highest BCUT2D eigenvalue weighted by Crippen LogP contribution is 2.37. The summed E-state index contributed by atoms with van der Waals surface area (Å²) >= 11 is 0. The van der Waals surface area contributed by atoms with Gasteiger partial charge < -0.3 is 10.1 Å². The number of amides is 1. The third-order valence-corrected chi connectivity index (χ3v) is 4.30. The molecule has 0 aliphatic carbocycles. The first kappa shape index (κ1) is 16.1. The standard InChI is InChI=1S/C20H16FN3O2/c1-26-16-10-8-15(9-11-16)24-19(23-14-6-4-13(21)5-7-14)18-17(20(24)25)3-2-12-22-18/h2-12,19,23H,1H3. The van der Waals surface area contributed by atoms with Gasteiger partial charge in [-0.2, -0.15) is 0 Å². The van der Waals surface area contributed by atoms with E-state index in [1.54, 1.807) is 54.6 Å². The fourth-order valence-electron chi connectivity index (χ4n) is 3.03. The zero-order chi connectivity index (χ0) is 18.1. The number of anilines is 2. The lowest BCUT2D eigenvalue weighted by Crippen LogP contribution is -2.32. The van der Waals surface area contributed by atoms with Crippen molar-refractivity contribution in [2.45, 2.75) is 6.17 Å². The number of hydrogen-bond acceptors (Lipinski definition) is 4. The zero-order valence-corrected chi connectivity index (χ0v) is 14.0. The quantitative estimate of drug-likeness (QED) is 0.773. The van der Waals surface area contributed by atoms with Gasteiger partial charge in [0.1, 0.15) is 11.6 Å². The molecule has 6 heteroatoms. The van der Waals surface area contributed by atoms with E-state index < -0.39 is 6.17 Å². The van der Waals surface area contributed by atoms with E-state index in [0.717, 1.165) is 0 Å². The molecule has 1 aromatic heterocycles. The number of methoxy groups -OCH3 is 1. The molecule has 1 amide bonds. The first-order valence-electron chi connectivity index (χ1n) is 8.12. The predicted octanol–water partition coefficient (Wildman–Crippen LogP) is 4.00. The minimum Gasteiger partial charge on any atom is -0.497 e. The van der Waals surface area contributed by atoms with Gasteiger partial charge in [0, 0.05) is 17.6 Å². The minimum absolute atomic E-state index is 0.141. The second-order valence-electron chi connectivity index (χ2n) is 5.86. The number of rotatable bonds is 4. The molecule has 0 fully saturated rings. The summed E-state index contributed by atoms with van der Waals surface area (Å²) in [5.74, 6) is 0.251. The summed E-state index contributed by atoms with van der Waals surface area (Å²) in [5.41, 5.74) is 2.59. The van der Waals surface area contributed by atoms with E-state index in [-0.39, 0.29) is 11.7 Å². The maximum Gasteiger partial charge on any atom is 0.262 e. The van der Waals surface area contributed by atoms with Crippen LogP contribution in [0.1, 0.15) is 22.2 Å². The van der Waals surface area contributed by atoms with Crippen LogP contribution in [-0.4, -0.2) is 18.0 Å². The summed E-state index contributed by atoms with van der Waals surface area (Å²) in [4.78, 5) is 19.0. The van der Waals surface area contributed by atoms with Crippen molar-refractivity contribution in [1.29, 1.82) is 0 Å². The maximum absolute atomic E-state index is 13.2. The fourth-order valence-corrected chi connectivity index (χ4v) is 3.03. The van der Waals surface area contributed by atoms with Crippen molar-refractivity contribution in [3.63, 3.8) is 0 Å². The van der Waals surface area contributed by atoms with E-state index in [1.165, 1.54) is 12.1 Å². The molecule has 1 aliphatic heterocycles. The van der Waals surface area contributed by atoms with Crippen LogP contribution in [0.15, 0.2) is 66.9 Å². The number of nitrogens with zero attached hydrogens (tertiary/aromatic N) is 2. The number of hydrogen-bond donors (Lipinski definition) is 1. The molecule has 1 N–H and O–H groups in total. The summed E-state index contributed by atoms with van der Waals surface area (Å²) < 4.78 is 18.4. The van der Waals surface area contributed by atoms with E-state index in [0.29, 0.717) is 28.4 Å². The molecule has 1 unspecified atom stereocenters. The first-order chi connectivity index (χ1) is 12.7. The van der Waals surface area contributed by atoms with Gasteiger partial charge in [-0.15, -0.1) is 0 Å². The molecule has 26 heavy (non-hydrogen) atoms. The number of benzene rings is 2. The van der Waals surface area contributed by atoms with Gasteiger partial charge in [-0.25, -0.2) is 4.39 Å². The average Bonchev–Trinajstić information content (AvgIpc) is 2.96. The van der Waals surface area contributed by atoms with Crippen molar-refractivity contribution < 1.29 is 13.9 Å². The van der Waals surface area contributed by atoms with Crippen LogP contribution in [0.25, 0.3) is 0 Å². The van der Waals surface area contributed by atoms with Gasteiger partial charge in [0.05, 0.1) is 18.4 Å². The molecule has 0 saturated carbocycles. The van der Waals surface area contributed by atoms with Crippen LogP contribution < -0.4 is 15.0 Å². The molecule has 2 heterocycles.